The Bertz CT molecular complexity index is 486. The van der Waals surface area contributed by atoms with E-state index in [9.17, 15) is 9.59 Å². The Balaban J connectivity index is 2.23. The lowest BCUT2D eigenvalue weighted by Gasteiger charge is -2.21. The SMILES string of the molecule is CCN(C)[C@H]1CCN(c2sccc2C(=O)OC)C1=O. The molecule has 1 amide bonds. The summed E-state index contributed by atoms with van der Waals surface area (Å²) in [6.07, 6.45) is 0.793. The lowest BCUT2D eigenvalue weighted by atomic mass is 10.2. The second-order valence-electron chi connectivity index (χ2n) is 4.50. The largest absolute Gasteiger partial charge is 0.465 e. The van der Waals surface area contributed by atoms with Gasteiger partial charge in [0.05, 0.1) is 18.7 Å². The predicted molar refractivity (Wildman–Crippen MR) is 74.7 cm³/mol. The lowest BCUT2D eigenvalue weighted by Crippen LogP contribution is -2.39. The number of amides is 1. The highest BCUT2D eigenvalue weighted by Crippen LogP contribution is 2.32. The third kappa shape index (κ3) is 2.50. The molecule has 2 heterocycles. The van der Waals surface area contributed by atoms with Gasteiger partial charge in [-0.15, -0.1) is 11.3 Å². The van der Waals surface area contributed by atoms with Gasteiger partial charge in [-0.2, -0.15) is 0 Å². The maximum absolute atomic E-state index is 12.4. The van der Waals surface area contributed by atoms with Crippen LogP contribution in [0, 0.1) is 0 Å². The molecule has 1 fully saturated rings. The quantitative estimate of drug-likeness (QED) is 0.787. The van der Waals surface area contributed by atoms with Crippen LogP contribution in [-0.2, 0) is 9.53 Å². The summed E-state index contributed by atoms with van der Waals surface area (Å²) in [5.41, 5.74) is 0.473. The van der Waals surface area contributed by atoms with E-state index in [2.05, 4.69) is 0 Å². The molecule has 0 aromatic carbocycles. The molecular weight excluding hydrogens is 264 g/mol. The van der Waals surface area contributed by atoms with Gasteiger partial charge < -0.3 is 9.64 Å². The smallest absolute Gasteiger partial charge is 0.340 e. The number of hydrogen-bond acceptors (Lipinski definition) is 5. The molecule has 1 saturated heterocycles. The minimum Gasteiger partial charge on any atom is -0.465 e. The summed E-state index contributed by atoms with van der Waals surface area (Å²) < 4.78 is 4.74. The number of anilines is 1. The van der Waals surface area contributed by atoms with E-state index in [1.807, 2.05) is 24.3 Å². The zero-order valence-corrected chi connectivity index (χ0v) is 12.2. The van der Waals surface area contributed by atoms with Crippen molar-refractivity contribution in [3.05, 3.63) is 17.0 Å². The van der Waals surface area contributed by atoms with Crippen molar-refractivity contribution in [3.8, 4) is 0 Å². The first-order valence-electron chi connectivity index (χ1n) is 6.27. The Morgan fingerprint density at radius 2 is 2.37 bits per heavy atom. The minimum atomic E-state index is -0.392. The van der Waals surface area contributed by atoms with Gasteiger partial charge in [0.2, 0.25) is 5.91 Å². The number of thiophene rings is 1. The summed E-state index contributed by atoms with van der Waals surface area (Å²) in [6.45, 7) is 3.51. The van der Waals surface area contributed by atoms with E-state index < -0.39 is 5.97 Å². The van der Waals surface area contributed by atoms with Crippen molar-refractivity contribution in [3.63, 3.8) is 0 Å². The van der Waals surface area contributed by atoms with E-state index in [1.165, 1.54) is 18.4 Å². The van der Waals surface area contributed by atoms with Gasteiger partial charge in [0.15, 0.2) is 0 Å². The van der Waals surface area contributed by atoms with Crippen LogP contribution in [0.1, 0.15) is 23.7 Å². The van der Waals surface area contributed by atoms with Crippen molar-refractivity contribution in [1.29, 1.82) is 0 Å². The molecular formula is C13H18N2O3S. The topological polar surface area (TPSA) is 49.9 Å². The fourth-order valence-corrected chi connectivity index (χ4v) is 3.19. The minimum absolute atomic E-state index is 0.0666. The number of carbonyl (C=O) groups is 2. The van der Waals surface area contributed by atoms with Crippen LogP contribution in [0.3, 0.4) is 0 Å². The number of likely N-dealkylation sites (N-methyl/N-ethyl adjacent to an activating group) is 1. The molecule has 1 aliphatic heterocycles. The second-order valence-corrected chi connectivity index (χ2v) is 5.39. The van der Waals surface area contributed by atoms with Gasteiger partial charge in [-0.05, 0) is 31.5 Å². The number of methoxy groups -OCH3 is 1. The Labute approximate surface area is 116 Å². The fraction of sp³-hybridized carbons (Fsp3) is 0.538. The molecule has 1 aromatic heterocycles. The first-order valence-corrected chi connectivity index (χ1v) is 7.15. The van der Waals surface area contributed by atoms with Crippen molar-refractivity contribution >= 4 is 28.2 Å². The molecule has 104 valence electrons. The molecule has 1 atom stereocenters. The number of hydrogen-bond donors (Lipinski definition) is 0. The van der Waals surface area contributed by atoms with Crippen LogP contribution in [0.2, 0.25) is 0 Å². The van der Waals surface area contributed by atoms with Crippen LogP contribution >= 0.6 is 11.3 Å². The van der Waals surface area contributed by atoms with Crippen LogP contribution in [0.15, 0.2) is 11.4 Å². The van der Waals surface area contributed by atoms with Crippen molar-refractivity contribution in [1.82, 2.24) is 4.90 Å². The third-order valence-electron chi connectivity index (χ3n) is 3.50. The average Bonchev–Trinajstić information content (AvgIpc) is 3.03. The maximum atomic E-state index is 12.4. The van der Waals surface area contributed by atoms with E-state index >= 15 is 0 Å². The van der Waals surface area contributed by atoms with E-state index in [0.717, 1.165) is 13.0 Å². The molecule has 0 unspecified atom stereocenters. The van der Waals surface area contributed by atoms with Crippen LogP contribution < -0.4 is 4.90 Å². The Kier molecular flexibility index (Phi) is 4.21. The highest BCUT2D eigenvalue weighted by molar-refractivity contribution is 7.14. The number of esters is 1. The first-order chi connectivity index (χ1) is 9.10. The van der Waals surface area contributed by atoms with E-state index in [4.69, 9.17) is 4.74 Å². The second kappa shape index (κ2) is 5.71. The molecule has 0 aliphatic carbocycles. The molecule has 1 aromatic rings. The van der Waals surface area contributed by atoms with Gasteiger partial charge in [0.1, 0.15) is 5.00 Å². The molecule has 5 nitrogen and oxygen atoms in total. The highest BCUT2D eigenvalue weighted by atomic mass is 32.1. The Hall–Kier alpha value is -1.40. The van der Waals surface area contributed by atoms with Crippen LogP contribution in [-0.4, -0.2) is 50.1 Å². The van der Waals surface area contributed by atoms with Crippen molar-refractivity contribution in [2.75, 3.05) is 32.1 Å². The van der Waals surface area contributed by atoms with Crippen LogP contribution in [0.5, 0.6) is 0 Å². The molecule has 0 spiro atoms. The standard InChI is InChI=1S/C13H18N2O3S/c1-4-14(2)10-5-7-15(11(10)16)12-9(6-8-19-12)13(17)18-3/h6,8,10H,4-5,7H2,1-3H3/t10-/m0/s1. The molecule has 2 rings (SSSR count). The van der Waals surface area contributed by atoms with E-state index in [1.54, 1.807) is 11.0 Å². The summed E-state index contributed by atoms with van der Waals surface area (Å²) in [5, 5.41) is 2.51. The monoisotopic (exact) mass is 282 g/mol. The molecule has 1 aliphatic rings. The van der Waals surface area contributed by atoms with Gasteiger partial charge in [-0.3, -0.25) is 9.69 Å². The maximum Gasteiger partial charge on any atom is 0.340 e. The number of carbonyl (C=O) groups excluding carboxylic acids is 2. The average molecular weight is 282 g/mol. The molecule has 0 N–H and O–H groups in total. The third-order valence-corrected chi connectivity index (χ3v) is 4.44. The number of nitrogens with zero attached hydrogens (tertiary/aromatic N) is 2. The van der Waals surface area contributed by atoms with Gasteiger partial charge in [-0.25, -0.2) is 4.79 Å². The first kappa shape index (κ1) is 14.0. The van der Waals surface area contributed by atoms with E-state index in [0.29, 0.717) is 17.1 Å². The van der Waals surface area contributed by atoms with Gasteiger partial charge in [0, 0.05) is 6.54 Å². The van der Waals surface area contributed by atoms with Crippen molar-refractivity contribution < 1.29 is 14.3 Å². The summed E-state index contributed by atoms with van der Waals surface area (Å²) in [6, 6.07) is 1.62. The summed E-state index contributed by atoms with van der Waals surface area (Å²) >= 11 is 1.40. The zero-order valence-electron chi connectivity index (χ0n) is 11.4. The van der Waals surface area contributed by atoms with Gasteiger partial charge in [0.25, 0.3) is 0 Å². The van der Waals surface area contributed by atoms with Crippen molar-refractivity contribution in [2.45, 2.75) is 19.4 Å². The lowest BCUT2D eigenvalue weighted by molar-refractivity contribution is -0.121. The number of rotatable bonds is 4. The Morgan fingerprint density at radius 1 is 1.63 bits per heavy atom. The fourth-order valence-electron chi connectivity index (χ4n) is 2.27. The van der Waals surface area contributed by atoms with Gasteiger partial charge in [-0.1, -0.05) is 6.92 Å². The summed E-state index contributed by atoms with van der Waals surface area (Å²) in [7, 11) is 3.30. The van der Waals surface area contributed by atoms with Gasteiger partial charge >= 0.3 is 5.97 Å². The van der Waals surface area contributed by atoms with Crippen LogP contribution in [0.25, 0.3) is 0 Å². The summed E-state index contributed by atoms with van der Waals surface area (Å²) in [4.78, 5) is 27.8. The molecule has 6 heteroatoms. The molecule has 0 bridgehead atoms. The summed E-state index contributed by atoms with van der Waals surface area (Å²) in [5.74, 6) is -0.326. The van der Waals surface area contributed by atoms with Crippen molar-refractivity contribution in [2.24, 2.45) is 0 Å². The molecule has 0 radical (unpaired) electrons. The van der Waals surface area contributed by atoms with Crippen LogP contribution in [0.4, 0.5) is 5.00 Å². The normalized spacial score (nSPS) is 19.3. The predicted octanol–water partition coefficient (Wildman–Crippen LogP) is 1.59. The molecule has 0 saturated carbocycles. The Morgan fingerprint density at radius 3 is 3.00 bits per heavy atom. The zero-order chi connectivity index (χ0) is 14.0. The molecule has 19 heavy (non-hydrogen) atoms. The van der Waals surface area contributed by atoms with E-state index in [-0.39, 0.29) is 11.9 Å². The number of ether oxygens (including phenoxy) is 1. The highest BCUT2D eigenvalue weighted by Gasteiger charge is 2.36.